The molecule has 1 heterocycles. The standard InChI is InChI=1S/C18H22N4O/c1-13-6-2-3-7-14(13)10-20-17-12-19-16(11-21-17)18(23)22-15-8-4-5-9-15/h2-3,6-7,11-12,15H,4-5,8-10H2,1H3,(H,20,21)(H,22,23). The molecule has 0 spiro atoms. The van der Waals surface area contributed by atoms with Crippen molar-refractivity contribution in [1.29, 1.82) is 0 Å². The zero-order chi connectivity index (χ0) is 16.1. The Hall–Kier alpha value is -2.43. The number of nitrogens with one attached hydrogen (secondary N) is 2. The first kappa shape index (κ1) is 15.5. The van der Waals surface area contributed by atoms with Crippen LogP contribution in [0.1, 0.15) is 47.3 Å². The largest absolute Gasteiger partial charge is 0.365 e. The number of hydrogen-bond acceptors (Lipinski definition) is 4. The minimum absolute atomic E-state index is 0.130. The Balaban J connectivity index is 1.56. The lowest BCUT2D eigenvalue weighted by Gasteiger charge is -2.11. The van der Waals surface area contributed by atoms with Crippen molar-refractivity contribution in [3.8, 4) is 0 Å². The first-order chi connectivity index (χ1) is 11.2. The third-order valence-electron chi connectivity index (χ3n) is 4.30. The predicted octanol–water partition coefficient (Wildman–Crippen LogP) is 3.07. The highest BCUT2D eigenvalue weighted by molar-refractivity contribution is 5.92. The summed E-state index contributed by atoms with van der Waals surface area (Å²) in [5.74, 6) is 0.542. The molecule has 1 saturated carbocycles. The van der Waals surface area contributed by atoms with E-state index >= 15 is 0 Å². The highest BCUT2D eigenvalue weighted by atomic mass is 16.1. The van der Waals surface area contributed by atoms with Crippen LogP contribution >= 0.6 is 0 Å². The Morgan fingerprint density at radius 3 is 2.65 bits per heavy atom. The summed E-state index contributed by atoms with van der Waals surface area (Å²) in [5, 5.41) is 6.25. The summed E-state index contributed by atoms with van der Waals surface area (Å²) in [4.78, 5) is 20.6. The molecule has 2 aromatic rings. The van der Waals surface area contributed by atoms with Crippen molar-refractivity contribution in [3.05, 3.63) is 53.5 Å². The number of hydrogen-bond donors (Lipinski definition) is 2. The van der Waals surface area contributed by atoms with E-state index in [2.05, 4.69) is 39.7 Å². The molecule has 0 radical (unpaired) electrons. The van der Waals surface area contributed by atoms with E-state index in [-0.39, 0.29) is 5.91 Å². The fraction of sp³-hybridized carbons (Fsp3) is 0.389. The van der Waals surface area contributed by atoms with E-state index < -0.39 is 0 Å². The molecule has 1 aliphatic carbocycles. The second-order valence-electron chi connectivity index (χ2n) is 6.02. The summed E-state index contributed by atoms with van der Waals surface area (Å²) < 4.78 is 0. The van der Waals surface area contributed by atoms with Crippen LogP contribution in [0.15, 0.2) is 36.7 Å². The molecule has 0 aliphatic heterocycles. The van der Waals surface area contributed by atoms with Gasteiger partial charge in [-0.3, -0.25) is 4.79 Å². The lowest BCUT2D eigenvalue weighted by atomic mass is 10.1. The molecule has 3 rings (SSSR count). The number of anilines is 1. The van der Waals surface area contributed by atoms with Crippen LogP contribution in [0.3, 0.4) is 0 Å². The molecule has 2 N–H and O–H groups in total. The molecule has 0 unspecified atom stereocenters. The number of carbonyl (C=O) groups is 1. The minimum Gasteiger partial charge on any atom is -0.365 e. The summed E-state index contributed by atoms with van der Waals surface area (Å²) in [5.41, 5.74) is 2.83. The van der Waals surface area contributed by atoms with E-state index in [9.17, 15) is 4.79 Å². The second-order valence-corrected chi connectivity index (χ2v) is 6.02. The lowest BCUT2D eigenvalue weighted by molar-refractivity contribution is 0.0932. The molecule has 23 heavy (non-hydrogen) atoms. The molecule has 5 heteroatoms. The van der Waals surface area contributed by atoms with Gasteiger partial charge in [-0.1, -0.05) is 37.1 Å². The molecule has 1 aromatic heterocycles. The first-order valence-corrected chi connectivity index (χ1v) is 8.13. The Morgan fingerprint density at radius 2 is 1.96 bits per heavy atom. The third kappa shape index (κ3) is 4.06. The van der Waals surface area contributed by atoms with Gasteiger partial charge < -0.3 is 10.6 Å². The van der Waals surface area contributed by atoms with Crippen molar-refractivity contribution in [2.45, 2.75) is 45.2 Å². The smallest absolute Gasteiger partial charge is 0.271 e. The van der Waals surface area contributed by atoms with Crippen LogP contribution in [0.25, 0.3) is 0 Å². The molecule has 1 aromatic carbocycles. The molecule has 1 amide bonds. The van der Waals surface area contributed by atoms with Crippen LogP contribution in [0.4, 0.5) is 5.82 Å². The van der Waals surface area contributed by atoms with Crippen LogP contribution in [-0.2, 0) is 6.54 Å². The number of aromatic nitrogens is 2. The number of aryl methyl sites for hydroxylation is 1. The SMILES string of the molecule is Cc1ccccc1CNc1cnc(C(=O)NC2CCCC2)cn1. The maximum absolute atomic E-state index is 12.1. The molecule has 1 aliphatic rings. The van der Waals surface area contributed by atoms with Crippen molar-refractivity contribution in [3.63, 3.8) is 0 Å². The molecule has 5 nitrogen and oxygen atoms in total. The zero-order valence-electron chi connectivity index (χ0n) is 13.4. The van der Waals surface area contributed by atoms with E-state index in [4.69, 9.17) is 0 Å². The van der Waals surface area contributed by atoms with E-state index in [1.54, 1.807) is 6.20 Å². The summed E-state index contributed by atoms with van der Waals surface area (Å²) in [6, 6.07) is 8.50. The van der Waals surface area contributed by atoms with Crippen molar-refractivity contribution < 1.29 is 4.79 Å². The van der Waals surface area contributed by atoms with Gasteiger partial charge in [0.05, 0.1) is 12.4 Å². The Morgan fingerprint density at radius 1 is 1.17 bits per heavy atom. The van der Waals surface area contributed by atoms with Gasteiger partial charge in [0.2, 0.25) is 0 Å². The van der Waals surface area contributed by atoms with Gasteiger partial charge in [0.15, 0.2) is 0 Å². The molecular formula is C18H22N4O. The van der Waals surface area contributed by atoms with Crippen LogP contribution in [0.2, 0.25) is 0 Å². The van der Waals surface area contributed by atoms with Crippen LogP contribution in [0, 0.1) is 6.92 Å². The van der Waals surface area contributed by atoms with Crippen molar-refractivity contribution in [2.24, 2.45) is 0 Å². The summed E-state index contributed by atoms with van der Waals surface area (Å²) >= 11 is 0. The van der Waals surface area contributed by atoms with Gasteiger partial charge in [-0.15, -0.1) is 0 Å². The molecule has 120 valence electrons. The average molecular weight is 310 g/mol. The molecule has 0 saturated heterocycles. The van der Waals surface area contributed by atoms with Gasteiger partial charge in [-0.25, -0.2) is 9.97 Å². The fourth-order valence-corrected chi connectivity index (χ4v) is 2.86. The van der Waals surface area contributed by atoms with E-state index in [1.807, 2.05) is 12.1 Å². The number of nitrogens with zero attached hydrogens (tertiary/aromatic N) is 2. The maximum Gasteiger partial charge on any atom is 0.271 e. The minimum atomic E-state index is -0.130. The number of benzene rings is 1. The molecule has 0 atom stereocenters. The van der Waals surface area contributed by atoms with E-state index in [0.717, 1.165) is 12.8 Å². The number of rotatable bonds is 5. The van der Waals surface area contributed by atoms with Crippen LogP contribution in [0.5, 0.6) is 0 Å². The molecule has 0 bridgehead atoms. The zero-order valence-corrected chi connectivity index (χ0v) is 13.4. The van der Waals surface area contributed by atoms with Crippen molar-refractivity contribution in [1.82, 2.24) is 15.3 Å². The van der Waals surface area contributed by atoms with Gasteiger partial charge in [0, 0.05) is 12.6 Å². The highest BCUT2D eigenvalue weighted by Crippen LogP contribution is 2.18. The van der Waals surface area contributed by atoms with Crippen molar-refractivity contribution >= 4 is 11.7 Å². The second kappa shape index (κ2) is 7.22. The maximum atomic E-state index is 12.1. The number of carbonyl (C=O) groups excluding carboxylic acids is 1. The van der Waals surface area contributed by atoms with Gasteiger partial charge in [-0.05, 0) is 30.9 Å². The van der Waals surface area contributed by atoms with Gasteiger partial charge >= 0.3 is 0 Å². The number of amides is 1. The lowest BCUT2D eigenvalue weighted by Crippen LogP contribution is -2.33. The topological polar surface area (TPSA) is 66.9 Å². The quantitative estimate of drug-likeness (QED) is 0.890. The summed E-state index contributed by atoms with van der Waals surface area (Å²) in [6.45, 7) is 2.77. The Bertz CT molecular complexity index is 663. The van der Waals surface area contributed by atoms with Crippen LogP contribution in [-0.4, -0.2) is 21.9 Å². The van der Waals surface area contributed by atoms with E-state index in [0.29, 0.717) is 24.1 Å². The van der Waals surface area contributed by atoms with Gasteiger partial charge in [0.1, 0.15) is 11.5 Å². The van der Waals surface area contributed by atoms with Gasteiger partial charge in [-0.2, -0.15) is 0 Å². The van der Waals surface area contributed by atoms with Gasteiger partial charge in [0.25, 0.3) is 5.91 Å². The fourth-order valence-electron chi connectivity index (χ4n) is 2.86. The highest BCUT2D eigenvalue weighted by Gasteiger charge is 2.18. The average Bonchev–Trinajstić information content (AvgIpc) is 3.07. The monoisotopic (exact) mass is 310 g/mol. The summed E-state index contributed by atoms with van der Waals surface area (Å²) in [7, 11) is 0. The predicted molar refractivity (Wildman–Crippen MR) is 90.3 cm³/mol. The normalized spacial score (nSPS) is 14.7. The Labute approximate surface area is 136 Å². The van der Waals surface area contributed by atoms with E-state index in [1.165, 1.54) is 30.2 Å². The summed E-state index contributed by atoms with van der Waals surface area (Å²) in [6.07, 6.45) is 7.66. The van der Waals surface area contributed by atoms with Crippen LogP contribution < -0.4 is 10.6 Å². The van der Waals surface area contributed by atoms with Crippen molar-refractivity contribution in [2.75, 3.05) is 5.32 Å². The molecule has 1 fully saturated rings. The Kier molecular flexibility index (Phi) is 4.86. The third-order valence-corrected chi connectivity index (χ3v) is 4.30. The molecular weight excluding hydrogens is 288 g/mol. The first-order valence-electron chi connectivity index (χ1n) is 8.13.